The van der Waals surface area contributed by atoms with E-state index in [1.807, 2.05) is 24.3 Å². The predicted molar refractivity (Wildman–Crippen MR) is 160 cm³/mol. The fourth-order valence-electron chi connectivity index (χ4n) is 4.73. The van der Waals surface area contributed by atoms with E-state index in [2.05, 4.69) is 30.9 Å². The number of phenolic OH excluding ortho intramolecular Hbond substituents is 1. The summed E-state index contributed by atoms with van der Waals surface area (Å²) in [6.45, 7) is 0. The molecule has 0 radical (unpaired) electrons. The molecule has 4 unspecified atom stereocenters. The van der Waals surface area contributed by atoms with Gasteiger partial charge in [-0.3, -0.25) is 19.2 Å². The first-order valence-corrected chi connectivity index (χ1v) is 13.9. The summed E-state index contributed by atoms with van der Waals surface area (Å²) >= 11 is 0. The van der Waals surface area contributed by atoms with E-state index in [4.69, 9.17) is 10.8 Å². The van der Waals surface area contributed by atoms with Crippen molar-refractivity contribution in [2.45, 2.75) is 49.9 Å². The molecule has 0 fully saturated rings. The second kappa shape index (κ2) is 14.7. The van der Waals surface area contributed by atoms with Gasteiger partial charge in [-0.1, -0.05) is 30.3 Å². The minimum absolute atomic E-state index is 0.0224. The average molecular weight is 620 g/mol. The number of amides is 3. The van der Waals surface area contributed by atoms with E-state index in [0.717, 1.165) is 10.9 Å². The number of aromatic hydroxyl groups is 1. The maximum Gasteiger partial charge on any atom is 0.326 e. The van der Waals surface area contributed by atoms with Crippen molar-refractivity contribution in [3.63, 3.8) is 0 Å². The summed E-state index contributed by atoms with van der Waals surface area (Å²) in [5.41, 5.74) is 8.17. The molecule has 0 aliphatic carbocycles. The summed E-state index contributed by atoms with van der Waals surface area (Å²) in [7, 11) is 0. The van der Waals surface area contributed by atoms with E-state index in [9.17, 15) is 34.2 Å². The second-order valence-corrected chi connectivity index (χ2v) is 10.4. The predicted octanol–water partition coefficient (Wildman–Crippen LogP) is -0.0345. The smallest absolute Gasteiger partial charge is 0.326 e. The molecular formula is C30H33N7O8. The number of nitrogens with two attached hydrogens (primary N) is 1. The Morgan fingerprint density at radius 2 is 1.44 bits per heavy atom. The lowest BCUT2D eigenvalue weighted by Crippen LogP contribution is -2.58. The number of carbonyl (C=O) groups is 5. The van der Waals surface area contributed by atoms with Gasteiger partial charge in [-0.05, 0) is 29.3 Å². The molecule has 0 bridgehead atoms. The number of carboxylic acids is 2. The number of fused-ring (bicyclic) bond motifs is 1. The van der Waals surface area contributed by atoms with Crippen LogP contribution in [0.1, 0.15) is 23.2 Å². The Bertz CT molecular complexity index is 1650. The third-order valence-electron chi connectivity index (χ3n) is 7.07. The Balaban J connectivity index is 1.61. The van der Waals surface area contributed by atoms with Crippen molar-refractivity contribution in [2.24, 2.45) is 5.73 Å². The lowest BCUT2D eigenvalue weighted by atomic mass is 10.0. The molecule has 15 nitrogen and oxygen atoms in total. The molecule has 2 aromatic heterocycles. The second-order valence-electron chi connectivity index (χ2n) is 10.4. The number of nitrogens with zero attached hydrogens (tertiary/aromatic N) is 1. The number of carboxylic acid groups (broad SMARTS) is 2. The maximum absolute atomic E-state index is 13.7. The molecule has 0 saturated carbocycles. The zero-order chi connectivity index (χ0) is 32.5. The van der Waals surface area contributed by atoms with Crippen LogP contribution in [0.25, 0.3) is 10.9 Å². The van der Waals surface area contributed by atoms with E-state index in [0.29, 0.717) is 16.8 Å². The molecular weight excluding hydrogens is 586 g/mol. The van der Waals surface area contributed by atoms with Crippen LogP contribution < -0.4 is 21.7 Å². The number of H-pyrrole nitrogens is 2. The van der Waals surface area contributed by atoms with E-state index in [-0.39, 0.29) is 25.0 Å². The largest absolute Gasteiger partial charge is 0.508 e. The van der Waals surface area contributed by atoms with Crippen LogP contribution in [-0.2, 0) is 43.2 Å². The SMILES string of the molecule is NC(CC(=O)O)C(=O)NC(Cc1ccc(O)cc1)C(=O)NC(Cc1c[nH]c2ccccc12)C(=O)NC(Cc1cnc[nH]1)C(=O)O. The minimum Gasteiger partial charge on any atom is -0.508 e. The molecule has 0 spiro atoms. The molecule has 0 saturated heterocycles. The number of rotatable bonds is 15. The van der Waals surface area contributed by atoms with Gasteiger partial charge < -0.3 is 47.0 Å². The number of hydrogen-bond donors (Lipinski definition) is 9. The van der Waals surface area contributed by atoms with Crippen LogP contribution in [0, 0.1) is 0 Å². The maximum atomic E-state index is 13.7. The number of para-hydroxylation sites is 1. The number of benzene rings is 2. The first-order chi connectivity index (χ1) is 21.5. The lowest BCUT2D eigenvalue weighted by molar-refractivity contribution is -0.142. The summed E-state index contributed by atoms with van der Waals surface area (Å²) in [6, 6.07) is 7.70. The van der Waals surface area contributed by atoms with Crippen molar-refractivity contribution < 1.29 is 39.3 Å². The van der Waals surface area contributed by atoms with Crippen molar-refractivity contribution in [1.82, 2.24) is 30.9 Å². The van der Waals surface area contributed by atoms with Crippen LogP contribution in [0.4, 0.5) is 0 Å². The van der Waals surface area contributed by atoms with Gasteiger partial charge in [-0.25, -0.2) is 9.78 Å². The molecule has 0 aliphatic rings. The molecule has 4 rings (SSSR count). The highest BCUT2D eigenvalue weighted by Gasteiger charge is 2.32. The third kappa shape index (κ3) is 8.90. The first kappa shape index (κ1) is 32.2. The standard InChI is InChI=1S/C30H33N7O8/c31-21(12-26(39)40)27(41)35-23(9-16-5-7-19(38)8-6-16)28(42)36-24(10-17-13-33-22-4-2-1-3-20(17)22)29(43)37-25(30(44)45)11-18-14-32-15-34-18/h1-8,13-15,21,23-25,33,38H,9-12,31H2,(H,32,34)(H,35,41)(H,36,42)(H,37,43)(H,39,40)(H,44,45). The number of phenols is 1. The molecule has 236 valence electrons. The highest BCUT2D eigenvalue weighted by Crippen LogP contribution is 2.20. The summed E-state index contributed by atoms with van der Waals surface area (Å²) in [6.07, 6.45) is 3.55. The van der Waals surface area contributed by atoms with Crippen LogP contribution in [-0.4, -0.2) is 84.1 Å². The lowest BCUT2D eigenvalue weighted by Gasteiger charge is -2.25. The van der Waals surface area contributed by atoms with Crippen molar-refractivity contribution in [1.29, 1.82) is 0 Å². The normalized spacial score (nSPS) is 13.7. The Morgan fingerprint density at radius 1 is 0.800 bits per heavy atom. The molecule has 2 heterocycles. The van der Waals surface area contributed by atoms with E-state index in [1.165, 1.54) is 36.8 Å². The first-order valence-electron chi connectivity index (χ1n) is 13.9. The Kier molecular flexibility index (Phi) is 10.5. The van der Waals surface area contributed by atoms with Gasteiger partial charge in [-0.2, -0.15) is 0 Å². The van der Waals surface area contributed by atoms with Gasteiger partial charge >= 0.3 is 11.9 Å². The number of nitrogens with one attached hydrogen (secondary N) is 5. The van der Waals surface area contributed by atoms with Crippen LogP contribution >= 0.6 is 0 Å². The molecule has 10 N–H and O–H groups in total. The van der Waals surface area contributed by atoms with Crippen molar-refractivity contribution in [2.75, 3.05) is 0 Å². The molecule has 2 aromatic carbocycles. The van der Waals surface area contributed by atoms with Gasteiger partial charge in [0.2, 0.25) is 17.7 Å². The van der Waals surface area contributed by atoms with Crippen LogP contribution in [0.15, 0.2) is 67.3 Å². The summed E-state index contributed by atoms with van der Waals surface area (Å²) < 4.78 is 0. The fourth-order valence-corrected chi connectivity index (χ4v) is 4.73. The molecule has 0 aliphatic heterocycles. The quantitative estimate of drug-likeness (QED) is 0.0858. The topological polar surface area (TPSA) is 253 Å². The van der Waals surface area contributed by atoms with Crippen LogP contribution in [0.3, 0.4) is 0 Å². The number of aromatic nitrogens is 3. The van der Waals surface area contributed by atoms with Crippen molar-refractivity contribution >= 4 is 40.6 Å². The van der Waals surface area contributed by atoms with E-state index in [1.54, 1.807) is 6.20 Å². The number of aliphatic carboxylic acids is 2. The minimum atomic E-state index is -1.46. The van der Waals surface area contributed by atoms with Crippen LogP contribution in [0.5, 0.6) is 5.75 Å². The number of imidazole rings is 1. The fraction of sp³-hybridized carbons (Fsp3) is 0.267. The molecule has 45 heavy (non-hydrogen) atoms. The van der Waals surface area contributed by atoms with Gasteiger partial charge in [0.25, 0.3) is 0 Å². The zero-order valence-corrected chi connectivity index (χ0v) is 23.9. The number of hydrogen-bond acceptors (Lipinski definition) is 8. The van der Waals surface area contributed by atoms with Crippen molar-refractivity contribution in [3.05, 3.63) is 84.1 Å². The monoisotopic (exact) mass is 619 g/mol. The van der Waals surface area contributed by atoms with Gasteiger partial charge in [0.1, 0.15) is 23.9 Å². The summed E-state index contributed by atoms with van der Waals surface area (Å²) in [5.74, 6) is -5.14. The average Bonchev–Trinajstić information content (AvgIpc) is 3.66. The summed E-state index contributed by atoms with van der Waals surface area (Å²) in [5, 5.41) is 36.9. The molecule has 15 heteroatoms. The van der Waals surface area contributed by atoms with Gasteiger partial charge in [-0.15, -0.1) is 0 Å². The van der Waals surface area contributed by atoms with Gasteiger partial charge in [0, 0.05) is 48.3 Å². The van der Waals surface area contributed by atoms with Crippen LogP contribution in [0.2, 0.25) is 0 Å². The van der Waals surface area contributed by atoms with Crippen molar-refractivity contribution in [3.8, 4) is 5.75 Å². The molecule has 4 atom stereocenters. The Hall–Kier alpha value is -5.70. The molecule has 3 amide bonds. The number of aromatic amines is 2. The highest BCUT2D eigenvalue weighted by molar-refractivity contribution is 5.95. The Labute approximate surface area is 256 Å². The summed E-state index contributed by atoms with van der Waals surface area (Å²) in [4.78, 5) is 73.0. The van der Waals surface area contributed by atoms with E-state index >= 15 is 0 Å². The molecule has 4 aromatic rings. The van der Waals surface area contributed by atoms with Gasteiger partial charge in [0.05, 0.1) is 18.8 Å². The third-order valence-corrected chi connectivity index (χ3v) is 7.07. The van der Waals surface area contributed by atoms with E-state index < -0.39 is 60.2 Å². The van der Waals surface area contributed by atoms with Gasteiger partial charge in [0.15, 0.2) is 0 Å². The zero-order valence-electron chi connectivity index (χ0n) is 23.9. The Morgan fingerprint density at radius 3 is 2.09 bits per heavy atom. The highest BCUT2D eigenvalue weighted by atomic mass is 16.4. The number of carbonyl (C=O) groups excluding carboxylic acids is 3.